The average molecular weight is 398 g/mol. The van der Waals surface area contributed by atoms with Crippen LogP contribution in [0.3, 0.4) is 0 Å². The molecule has 0 heterocycles. The monoisotopic (exact) mass is 398 g/mol. The maximum absolute atomic E-state index is 14.1. The minimum Gasteiger partial charge on any atom is -0.315 e. The van der Waals surface area contributed by atoms with Crippen LogP contribution in [-0.4, -0.2) is 25.9 Å². The lowest BCUT2D eigenvalue weighted by molar-refractivity contribution is -0.107. The van der Waals surface area contributed by atoms with E-state index in [0.717, 1.165) is 53.1 Å². The first-order valence-corrected chi connectivity index (χ1v) is 9.66. The largest absolute Gasteiger partial charge is 0.315 e. The number of rotatable bonds is 7. The molecule has 0 radical (unpaired) electrons. The van der Waals surface area contributed by atoms with Gasteiger partial charge in [-0.15, -0.1) is 0 Å². The Morgan fingerprint density at radius 3 is 2.38 bits per heavy atom. The average Bonchev–Trinajstić information content (AvgIpc) is 3.54. The first kappa shape index (κ1) is 20.7. The number of halogens is 2. The molecule has 0 spiro atoms. The van der Waals surface area contributed by atoms with E-state index in [1.165, 1.54) is 13.1 Å². The van der Waals surface area contributed by atoms with Gasteiger partial charge in [0.25, 0.3) is 5.91 Å². The van der Waals surface area contributed by atoms with Crippen molar-refractivity contribution in [3.63, 3.8) is 0 Å². The van der Waals surface area contributed by atoms with Gasteiger partial charge in [0.15, 0.2) is 0 Å². The van der Waals surface area contributed by atoms with Crippen molar-refractivity contribution in [2.24, 2.45) is 5.92 Å². The summed E-state index contributed by atoms with van der Waals surface area (Å²) in [6, 6.07) is 8.25. The Morgan fingerprint density at radius 1 is 1.14 bits per heavy atom. The Labute approximate surface area is 169 Å². The van der Waals surface area contributed by atoms with Gasteiger partial charge < -0.3 is 9.80 Å². The number of anilines is 2. The zero-order valence-corrected chi connectivity index (χ0v) is 16.8. The van der Waals surface area contributed by atoms with Crippen molar-refractivity contribution in [1.29, 1.82) is 0 Å². The van der Waals surface area contributed by atoms with Crippen LogP contribution in [0.2, 0.25) is 0 Å². The summed E-state index contributed by atoms with van der Waals surface area (Å²) in [6.07, 6.45) is 4.95. The molecule has 1 fully saturated rings. The molecule has 1 aliphatic rings. The van der Waals surface area contributed by atoms with Gasteiger partial charge in [0.1, 0.15) is 11.6 Å². The fourth-order valence-electron chi connectivity index (χ4n) is 3.51. The summed E-state index contributed by atoms with van der Waals surface area (Å²) >= 11 is 0. The second-order valence-corrected chi connectivity index (χ2v) is 7.10. The summed E-state index contributed by atoms with van der Waals surface area (Å²) in [4.78, 5) is 27.3. The standard InChI is InChI=1S/C23H24F2N2O2/c1-4-18(15-6-7-15)19-12-16(8-10-21(19)27(5-2)14-28)23(29)26(3)22-11-9-17(24)13-20(22)25/h4,8-15H,5-7H2,1-3H3/b18-4-. The summed E-state index contributed by atoms with van der Waals surface area (Å²) in [7, 11) is 1.45. The highest BCUT2D eigenvalue weighted by Gasteiger charge is 2.29. The van der Waals surface area contributed by atoms with E-state index in [1.54, 1.807) is 23.1 Å². The van der Waals surface area contributed by atoms with E-state index in [-0.39, 0.29) is 5.69 Å². The molecule has 152 valence electrons. The molecule has 2 aromatic rings. The van der Waals surface area contributed by atoms with Crippen LogP contribution in [0.4, 0.5) is 20.2 Å². The van der Waals surface area contributed by atoms with Crippen molar-refractivity contribution in [2.75, 3.05) is 23.4 Å². The van der Waals surface area contributed by atoms with Gasteiger partial charge in [-0.05, 0) is 68.5 Å². The third kappa shape index (κ3) is 4.21. The summed E-state index contributed by atoms with van der Waals surface area (Å²) in [5, 5.41) is 0. The van der Waals surface area contributed by atoms with Crippen molar-refractivity contribution >= 4 is 29.3 Å². The number of amides is 2. The highest BCUT2D eigenvalue weighted by molar-refractivity contribution is 6.07. The van der Waals surface area contributed by atoms with E-state index in [4.69, 9.17) is 0 Å². The lowest BCUT2D eigenvalue weighted by Gasteiger charge is -2.23. The Kier molecular flexibility index (Phi) is 6.11. The number of allylic oxidation sites excluding steroid dienone is 2. The van der Waals surface area contributed by atoms with Crippen LogP contribution >= 0.6 is 0 Å². The SMILES string of the molecule is C/C=C(\c1cc(C(=O)N(C)c2ccc(F)cc2F)ccc1N(C=O)CC)C1CC1. The van der Waals surface area contributed by atoms with Crippen molar-refractivity contribution in [1.82, 2.24) is 0 Å². The predicted octanol–water partition coefficient (Wildman–Crippen LogP) is 5.04. The van der Waals surface area contributed by atoms with Crippen LogP contribution in [0, 0.1) is 17.6 Å². The molecule has 29 heavy (non-hydrogen) atoms. The van der Waals surface area contributed by atoms with E-state index >= 15 is 0 Å². The second-order valence-electron chi connectivity index (χ2n) is 7.10. The van der Waals surface area contributed by atoms with Gasteiger partial charge in [-0.3, -0.25) is 9.59 Å². The van der Waals surface area contributed by atoms with Crippen LogP contribution in [0.15, 0.2) is 42.5 Å². The fourth-order valence-corrected chi connectivity index (χ4v) is 3.51. The molecular weight excluding hydrogens is 374 g/mol. The van der Waals surface area contributed by atoms with Crippen LogP contribution < -0.4 is 9.80 Å². The molecule has 3 rings (SSSR count). The van der Waals surface area contributed by atoms with Crippen molar-refractivity contribution in [3.8, 4) is 0 Å². The molecule has 6 heteroatoms. The van der Waals surface area contributed by atoms with E-state index < -0.39 is 17.5 Å². The molecule has 0 N–H and O–H groups in total. The van der Waals surface area contributed by atoms with Gasteiger partial charge in [0, 0.05) is 30.8 Å². The normalized spacial score (nSPS) is 13.9. The number of benzene rings is 2. The van der Waals surface area contributed by atoms with E-state index in [1.807, 2.05) is 19.9 Å². The molecule has 0 aromatic heterocycles. The predicted molar refractivity (Wildman–Crippen MR) is 111 cm³/mol. The Morgan fingerprint density at radius 2 is 1.83 bits per heavy atom. The maximum Gasteiger partial charge on any atom is 0.258 e. The minimum absolute atomic E-state index is 0.00134. The van der Waals surface area contributed by atoms with Gasteiger partial charge in [-0.2, -0.15) is 0 Å². The first-order chi connectivity index (χ1) is 13.9. The topological polar surface area (TPSA) is 40.6 Å². The lowest BCUT2D eigenvalue weighted by Crippen LogP contribution is -2.28. The van der Waals surface area contributed by atoms with Crippen LogP contribution in [0.1, 0.15) is 42.6 Å². The summed E-state index contributed by atoms with van der Waals surface area (Å²) in [5.74, 6) is -1.50. The molecule has 2 amide bonds. The molecule has 0 atom stereocenters. The van der Waals surface area contributed by atoms with Crippen LogP contribution in [-0.2, 0) is 4.79 Å². The molecule has 4 nitrogen and oxygen atoms in total. The third-order valence-electron chi connectivity index (χ3n) is 5.24. The highest BCUT2D eigenvalue weighted by atomic mass is 19.1. The zero-order valence-electron chi connectivity index (χ0n) is 16.8. The number of hydrogen-bond donors (Lipinski definition) is 0. The molecule has 1 aliphatic carbocycles. The molecule has 0 unspecified atom stereocenters. The van der Waals surface area contributed by atoms with E-state index in [9.17, 15) is 18.4 Å². The summed E-state index contributed by atoms with van der Waals surface area (Å²) in [6.45, 7) is 4.34. The van der Waals surface area contributed by atoms with Crippen molar-refractivity contribution in [2.45, 2.75) is 26.7 Å². The van der Waals surface area contributed by atoms with Gasteiger partial charge in [0.2, 0.25) is 6.41 Å². The first-order valence-electron chi connectivity index (χ1n) is 9.66. The summed E-state index contributed by atoms with van der Waals surface area (Å²) < 4.78 is 27.3. The number of hydrogen-bond acceptors (Lipinski definition) is 2. The van der Waals surface area contributed by atoms with Gasteiger partial charge in [0.05, 0.1) is 11.4 Å². The van der Waals surface area contributed by atoms with Crippen molar-refractivity contribution < 1.29 is 18.4 Å². The lowest BCUT2D eigenvalue weighted by atomic mass is 9.96. The van der Waals surface area contributed by atoms with Gasteiger partial charge >= 0.3 is 0 Å². The maximum atomic E-state index is 14.1. The molecule has 2 aromatic carbocycles. The van der Waals surface area contributed by atoms with E-state index in [2.05, 4.69) is 0 Å². The smallest absolute Gasteiger partial charge is 0.258 e. The molecule has 0 bridgehead atoms. The Balaban J connectivity index is 2.03. The number of nitrogens with zero attached hydrogens (tertiary/aromatic N) is 2. The number of carbonyl (C=O) groups excluding carboxylic acids is 2. The van der Waals surface area contributed by atoms with Gasteiger partial charge in [-0.1, -0.05) is 6.08 Å². The van der Waals surface area contributed by atoms with E-state index in [0.29, 0.717) is 18.0 Å². The highest BCUT2D eigenvalue weighted by Crippen LogP contribution is 2.44. The van der Waals surface area contributed by atoms with Crippen LogP contribution in [0.5, 0.6) is 0 Å². The molecule has 0 aliphatic heterocycles. The quantitative estimate of drug-likeness (QED) is 0.613. The number of carbonyl (C=O) groups is 2. The minimum atomic E-state index is -0.803. The molecule has 0 saturated heterocycles. The van der Waals surface area contributed by atoms with Crippen molar-refractivity contribution in [3.05, 3.63) is 65.2 Å². The molecular formula is C23H24F2N2O2. The Hall–Kier alpha value is -3.02. The zero-order chi connectivity index (χ0) is 21.1. The third-order valence-corrected chi connectivity index (χ3v) is 5.24. The van der Waals surface area contributed by atoms with Gasteiger partial charge in [-0.25, -0.2) is 8.78 Å². The second kappa shape index (κ2) is 8.55. The molecule has 1 saturated carbocycles. The van der Waals surface area contributed by atoms with Crippen LogP contribution in [0.25, 0.3) is 5.57 Å². The Bertz CT molecular complexity index is 967. The summed E-state index contributed by atoms with van der Waals surface area (Å²) in [5.41, 5.74) is 3.05. The fraction of sp³-hybridized carbons (Fsp3) is 0.304.